The quantitative estimate of drug-likeness (QED) is 0.269. The molecule has 0 bridgehead atoms. The number of rotatable bonds is 9. The van der Waals surface area contributed by atoms with Gasteiger partial charge in [-0.1, -0.05) is 11.8 Å². The fraction of sp³-hybridized carbons (Fsp3) is 0.208. The lowest BCUT2D eigenvalue weighted by Gasteiger charge is -2.09. The molecule has 2 heterocycles. The van der Waals surface area contributed by atoms with Gasteiger partial charge in [-0.05, 0) is 55.5 Å². The van der Waals surface area contributed by atoms with Crippen LogP contribution >= 0.6 is 11.8 Å². The van der Waals surface area contributed by atoms with Crippen molar-refractivity contribution in [2.45, 2.75) is 11.9 Å². The average molecular weight is 450 g/mol. The number of ketones is 1. The Morgan fingerprint density at radius 3 is 2.53 bits per heavy atom. The molecule has 2 aromatic carbocycles. The lowest BCUT2D eigenvalue weighted by molar-refractivity contribution is 0.102. The molecule has 0 aliphatic rings. The van der Waals surface area contributed by atoms with Crippen molar-refractivity contribution < 1.29 is 19.0 Å². The van der Waals surface area contributed by atoms with Crippen molar-refractivity contribution >= 4 is 23.1 Å². The van der Waals surface area contributed by atoms with Gasteiger partial charge >= 0.3 is 0 Å². The molecular weight excluding hydrogens is 426 g/mol. The number of carbonyl (C=O) groups is 1. The average Bonchev–Trinajstić information content (AvgIpc) is 3.27. The van der Waals surface area contributed by atoms with Crippen LogP contribution in [0.15, 0.2) is 66.0 Å². The van der Waals surface area contributed by atoms with Crippen molar-refractivity contribution in [2.24, 2.45) is 0 Å². The van der Waals surface area contributed by atoms with E-state index in [1.807, 2.05) is 37.3 Å². The van der Waals surface area contributed by atoms with Gasteiger partial charge in [0, 0.05) is 23.5 Å². The van der Waals surface area contributed by atoms with E-state index in [1.165, 1.54) is 11.8 Å². The largest absolute Gasteiger partial charge is 0.494 e. The summed E-state index contributed by atoms with van der Waals surface area (Å²) in [5.74, 6) is 2.16. The molecule has 0 atom stereocenters. The SMILES string of the molecule is CCOc1ccc(-c2cc3c(SCC(=O)c4ccc(OC)c(OC)c4)nccn3n2)cc1. The Bertz CT molecular complexity index is 1240. The van der Waals surface area contributed by atoms with Gasteiger partial charge in [0.05, 0.1) is 37.8 Å². The highest BCUT2D eigenvalue weighted by molar-refractivity contribution is 8.00. The number of methoxy groups -OCH3 is 2. The molecule has 0 aliphatic heterocycles. The summed E-state index contributed by atoms with van der Waals surface area (Å²) in [6, 6.07) is 15.0. The first-order chi connectivity index (χ1) is 15.6. The molecule has 0 amide bonds. The third kappa shape index (κ3) is 4.55. The number of aromatic nitrogens is 3. The van der Waals surface area contributed by atoms with Crippen molar-refractivity contribution in [3.05, 3.63) is 66.5 Å². The minimum atomic E-state index is -0.0222. The summed E-state index contributed by atoms with van der Waals surface area (Å²) in [5, 5.41) is 5.40. The summed E-state index contributed by atoms with van der Waals surface area (Å²) in [6.07, 6.45) is 3.48. The second kappa shape index (κ2) is 9.74. The number of hydrogen-bond donors (Lipinski definition) is 0. The van der Waals surface area contributed by atoms with E-state index in [1.54, 1.807) is 49.3 Å². The maximum absolute atomic E-state index is 12.8. The van der Waals surface area contributed by atoms with Crippen LogP contribution in [0.2, 0.25) is 0 Å². The molecule has 32 heavy (non-hydrogen) atoms. The fourth-order valence-electron chi connectivity index (χ4n) is 3.27. The van der Waals surface area contributed by atoms with Crippen LogP contribution in [0, 0.1) is 0 Å². The van der Waals surface area contributed by atoms with E-state index < -0.39 is 0 Å². The number of nitrogens with zero attached hydrogens (tertiary/aromatic N) is 3. The summed E-state index contributed by atoms with van der Waals surface area (Å²) in [5.41, 5.74) is 3.22. The smallest absolute Gasteiger partial charge is 0.173 e. The number of thioether (sulfide) groups is 1. The molecule has 0 aliphatic carbocycles. The summed E-state index contributed by atoms with van der Waals surface area (Å²) >= 11 is 1.38. The number of benzene rings is 2. The Kier molecular flexibility index (Phi) is 6.61. The zero-order chi connectivity index (χ0) is 22.5. The van der Waals surface area contributed by atoms with Crippen molar-refractivity contribution in [3.63, 3.8) is 0 Å². The van der Waals surface area contributed by atoms with E-state index >= 15 is 0 Å². The first-order valence-corrected chi connectivity index (χ1v) is 11.1. The Morgan fingerprint density at radius 2 is 1.81 bits per heavy atom. The van der Waals surface area contributed by atoms with E-state index in [0.29, 0.717) is 23.7 Å². The second-order valence-corrected chi connectivity index (χ2v) is 7.79. The van der Waals surface area contributed by atoms with Crippen LogP contribution in [0.5, 0.6) is 17.2 Å². The molecular formula is C24H23N3O4S. The van der Waals surface area contributed by atoms with Gasteiger partial charge in [-0.15, -0.1) is 0 Å². The highest BCUT2D eigenvalue weighted by Crippen LogP contribution is 2.30. The minimum Gasteiger partial charge on any atom is -0.494 e. The van der Waals surface area contributed by atoms with Crippen LogP contribution in [-0.2, 0) is 0 Å². The predicted molar refractivity (Wildman–Crippen MR) is 124 cm³/mol. The van der Waals surface area contributed by atoms with Gasteiger partial charge in [0.2, 0.25) is 0 Å². The lowest BCUT2D eigenvalue weighted by atomic mass is 10.1. The van der Waals surface area contributed by atoms with Crippen LogP contribution in [0.25, 0.3) is 16.8 Å². The third-order valence-electron chi connectivity index (χ3n) is 4.86. The normalized spacial score (nSPS) is 10.8. The summed E-state index contributed by atoms with van der Waals surface area (Å²) < 4.78 is 17.8. The first kappa shape index (κ1) is 21.7. The first-order valence-electron chi connectivity index (χ1n) is 10.1. The second-order valence-electron chi connectivity index (χ2n) is 6.83. The Morgan fingerprint density at radius 1 is 1.03 bits per heavy atom. The maximum atomic E-state index is 12.8. The van der Waals surface area contributed by atoms with E-state index in [4.69, 9.17) is 14.2 Å². The molecule has 164 valence electrons. The molecule has 0 saturated heterocycles. The molecule has 0 spiro atoms. The number of fused-ring (bicyclic) bond motifs is 1. The van der Waals surface area contributed by atoms with Crippen LogP contribution in [0.3, 0.4) is 0 Å². The molecule has 7 nitrogen and oxygen atoms in total. The molecule has 4 aromatic rings. The minimum absolute atomic E-state index is 0.0222. The summed E-state index contributed by atoms with van der Waals surface area (Å²) in [6.45, 7) is 2.58. The molecule has 0 fully saturated rings. The third-order valence-corrected chi connectivity index (χ3v) is 5.86. The molecule has 0 N–H and O–H groups in total. The van der Waals surface area contributed by atoms with Crippen molar-refractivity contribution in [1.29, 1.82) is 0 Å². The number of Topliss-reactive ketones (excluding diaryl/α,β-unsaturated/α-hetero) is 1. The fourth-order valence-corrected chi connectivity index (χ4v) is 4.14. The van der Waals surface area contributed by atoms with Crippen LogP contribution in [0.1, 0.15) is 17.3 Å². The van der Waals surface area contributed by atoms with Crippen molar-refractivity contribution in [2.75, 3.05) is 26.6 Å². The number of ether oxygens (including phenoxy) is 3. The highest BCUT2D eigenvalue weighted by Gasteiger charge is 2.14. The molecule has 0 radical (unpaired) electrons. The van der Waals surface area contributed by atoms with Crippen LogP contribution in [-0.4, -0.2) is 47.0 Å². The summed E-state index contributed by atoms with van der Waals surface area (Å²) in [4.78, 5) is 17.2. The highest BCUT2D eigenvalue weighted by atomic mass is 32.2. The number of hydrogen-bond acceptors (Lipinski definition) is 7. The van der Waals surface area contributed by atoms with Gasteiger partial charge in [0.1, 0.15) is 10.8 Å². The van der Waals surface area contributed by atoms with E-state index in [0.717, 1.165) is 27.5 Å². The van der Waals surface area contributed by atoms with E-state index in [2.05, 4.69) is 10.1 Å². The zero-order valence-corrected chi connectivity index (χ0v) is 18.9. The zero-order valence-electron chi connectivity index (χ0n) is 18.1. The number of carbonyl (C=O) groups excluding carboxylic acids is 1. The molecule has 2 aromatic heterocycles. The topological polar surface area (TPSA) is 75.0 Å². The van der Waals surface area contributed by atoms with Crippen LogP contribution in [0.4, 0.5) is 0 Å². The maximum Gasteiger partial charge on any atom is 0.173 e. The van der Waals surface area contributed by atoms with Gasteiger partial charge in [0.25, 0.3) is 0 Å². The lowest BCUT2D eigenvalue weighted by Crippen LogP contribution is -2.04. The van der Waals surface area contributed by atoms with Gasteiger partial charge in [-0.25, -0.2) is 9.50 Å². The van der Waals surface area contributed by atoms with Gasteiger partial charge in [-0.3, -0.25) is 4.79 Å². The summed E-state index contributed by atoms with van der Waals surface area (Å²) in [7, 11) is 3.11. The Labute approximate surface area is 190 Å². The van der Waals surface area contributed by atoms with E-state index in [-0.39, 0.29) is 11.5 Å². The Hall–Kier alpha value is -3.52. The molecule has 8 heteroatoms. The predicted octanol–water partition coefficient (Wildman–Crippen LogP) is 4.79. The van der Waals surface area contributed by atoms with Crippen molar-refractivity contribution in [3.8, 4) is 28.5 Å². The molecule has 0 unspecified atom stereocenters. The van der Waals surface area contributed by atoms with E-state index in [9.17, 15) is 4.79 Å². The van der Waals surface area contributed by atoms with Gasteiger partial charge in [-0.2, -0.15) is 5.10 Å². The standard InChI is InChI=1S/C24H23N3O4S/c1-4-31-18-8-5-16(6-9-18)19-14-20-24(25-11-12-27(20)26-19)32-15-21(28)17-7-10-22(29-2)23(13-17)30-3/h5-14H,4,15H2,1-3H3. The van der Waals surface area contributed by atoms with Crippen LogP contribution < -0.4 is 14.2 Å². The Balaban J connectivity index is 1.53. The van der Waals surface area contributed by atoms with Gasteiger partial charge < -0.3 is 14.2 Å². The monoisotopic (exact) mass is 449 g/mol. The molecule has 4 rings (SSSR count). The van der Waals surface area contributed by atoms with Crippen molar-refractivity contribution in [1.82, 2.24) is 14.6 Å². The molecule has 0 saturated carbocycles. The van der Waals surface area contributed by atoms with Gasteiger partial charge in [0.15, 0.2) is 17.3 Å².